The number of para-hydroxylation sites is 1. The topological polar surface area (TPSA) is 49.4 Å². The largest absolute Gasteiger partial charge is 0.329 e. The van der Waals surface area contributed by atoms with Crippen LogP contribution in [0.3, 0.4) is 0 Å². The highest BCUT2D eigenvalue weighted by molar-refractivity contribution is 6.39. The molecule has 0 aliphatic carbocycles. The zero-order valence-electron chi connectivity index (χ0n) is 12.0. The van der Waals surface area contributed by atoms with Crippen molar-refractivity contribution < 1.29 is 9.59 Å². The van der Waals surface area contributed by atoms with Crippen molar-refractivity contribution in [3.05, 3.63) is 28.2 Å². The molecular formula is C14H18Cl2N2O2. The standard InChI is InChI=1S/C14H18Cl2N2O2/c1-9(19)18(14(2,3)4)8-12(20)17-13-10(15)6-5-7-11(13)16/h5-7H,8H2,1-4H3,(H,17,20). The minimum absolute atomic E-state index is 0.0552. The lowest BCUT2D eigenvalue weighted by molar-refractivity contribution is -0.137. The summed E-state index contributed by atoms with van der Waals surface area (Å²) in [6.45, 7) is 6.97. The van der Waals surface area contributed by atoms with Crippen molar-refractivity contribution in [1.82, 2.24) is 4.90 Å². The molecule has 0 radical (unpaired) electrons. The molecule has 0 saturated carbocycles. The molecule has 0 aromatic heterocycles. The molecule has 1 aromatic rings. The lowest BCUT2D eigenvalue weighted by atomic mass is 10.1. The highest BCUT2D eigenvalue weighted by Gasteiger charge is 2.26. The van der Waals surface area contributed by atoms with E-state index in [9.17, 15) is 9.59 Å². The van der Waals surface area contributed by atoms with Gasteiger partial charge in [0.1, 0.15) is 6.54 Å². The number of amides is 2. The molecule has 0 saturated heterocycles. The van der Waals surface area contributed by atoms with Crippen LogP contribution in [0.4, 0.5) is 5.69 Å². The van der Waals surface area contributed by atoms with Gasteiger partial charge in [-0.1, -0.05) is 29.3 Å². The molecule has 0 heterocycles. The van der Waals surface area contributed by atoms with Crippen LogP contribution in [0.5, 0.6) is 0 Å². The first-order valence-corrected chi connectivity index (χ1v) is 6.90. The van der Waals surface area contributed by atoms with Gasteiger partial charge in [0.05, 0.1) is 15.7 Å². The third-order valence-corrected chi connectivity index (χ3v) is 3.35. The second kappa shape index (κ2) is 6.46. The van der Waals surface area contributed by atoms with Crippen LogP contribution in [-0.2, 0) is 9.59 Å². The third-order valence-electron chi connectivity index (χ3n) is 2.72. The van der Waals surface area contributed by atoms with Gasteiger partial charge in [0.2, 0.25) is 11.8 Å². The van der Waals surface area contributed by atoms with Crippen LogP contribution in [-0.4, -0.2) is 28.8 Å². The van der Waals surface area contributed by atoms with E-state index < -0.39 is 5.54 Å². The van der Waals surface area contributed by atoms with Gasteiger partial charge >= 0.3 is 0 Å². The fourth-order valence-electron chi connectivity index (χ4n) is 1.76. The van der Waals surface area contributed by atoms with Gasteiger partial charge in [-0.3, -0.25) is 9.59 Å². The van der Waals surface area contributed by atoms with Gasteiger partial charge in [-0.25, -0.2) is 0 Å². The van der Waals surface area contributed by atoms with Crippen LogP contribution in [0.1, 0.15) is 27.7 Å². The normalized spacial score (nSPS) is 11.1. The van der Waals surface area contributed by atoms with E-state index in [2.05, 4.69) is 5.32 Å². The van der Waals surface area contributed by atoms with Crippen molar-refractivity contribution in [2.24, 2.45) is 0 Å². The summed E-state index contributed by atoms with van der Waals surface area (Å²) in [5.41, 5.74) is -0.0776. The maximum atomic E-state index is 12.1. The Morgan fingerprint density at radius 1 is 1.20 bits per heavy atom. The molecule has 6 heteroatoms. The van der Waals surface area contributed by atoms with Crippen molar-refractivity contribution in [3.63, 3.8) is 0 Å². The van der Waals surface area contributed by atoms with Crippen LogP contribution in [0.25, 0.3) is 0 Å². The Morgan fingerprint density at radius 2 is 1.70 bits per heavy atom. The van der Waals surface area contributed by atoms with Gasteiger partial charge in [0.25, 0.3) is 0 Å². The van der Waals surface area contributed by atoms with E-state index in [-0.39, 0.29) is 18.4 Å². The molecule has 20 heavy (non-hydrogen) atoms. The molecular weight excluding hydrogens is 299 g/mol. The summed E-state index contributed by atoms with van der Waals surface area (Å²) in [6, 6.07) is 4.96. The quantitative estimate of drug-likeness (QED) is 0.926. The predicted octanol–water partition coefficient (Wildman–Crippen LogP) is 3.58. The first kappa shape index (κ1) is 16.8. The number of hydrogen-bond acceptors (Lipinski definition) is 2. The van der Waals surface area contributed by atoms with Gasteiger partial charge < -0.3 is 10.2 Å². The molecule has 0 spiro atoms. The smallest absolute Gasteiger partial charge is 0.244 e. The fraction of sp³-hybridized carbons (Fsp3) is 0.429. The number of carbonyl (C=O) groups excluding carboxylic acids is 2. The Labute approximate surface area is 129 Å². The fourth-order valence-corrected chi connectivity index (χ4v) is 2.25. The van der Waals surface area contributed by atoms with E-state index >= 15 is 0 Å². The van der Waals surface area contributed by atoms with Crippen LogP contribution >= 0.6 is 23.2 Å². The molecule has 1 N–H and O–H groups in total. The van der Waals surface area contributed by atoms with Crippen LogP contribution < -0.4 is 5.32 Å². The molecule has 2 amide bonds. The molecule has 1 aromatic carbocycles. The summed E-state index contributed by atoms with van der Waals surface area (Å²) < 4.78 is 0. The van der Waals surface area contributed by atoms with Crippen molar-refractivity contribution in [3.8, 4) is 0 Å². The van der Waals surface area contributed by atoms with E-state index in [4.69, 9.17) is 23.2 Å². The second-order valence-corrected chi connectivity index (χ2v) is 6.24. The SMILES string of the molecule is CC(=O)N(CC(=O)Nc1c(Cl)cccc1Cl)C(C)(C)C. The predicted molar refractivity (Wildman–Crippen MR) is 82.2 cm³/mol. The summed E-state index contributed by atoms with van der Waals surface area (Å²) in [7, 11) is 0. The van der Waals surface area contributed by atoms with E-state index in [1.165, 1.54) is 11.8 Å². The summed E-state index contributed by atoms with van der Waals surface area (Å²) in [6.07, 6.45) is 0. The summed E-state index contributed by atoms with van der Waals surface area (Å²) >= 11 is 12.0. The number of carbonyl (C=O) groups is 2. The van der Waals surface area contributed by atoms with Gasteiger partial charge in [-0.15, -0.1) is 0 Å². The number of anilines is 1. The zero-order valence-corrected chi connectivity index (χ0v) is 13.5. The highest BCUT2D eigenvalue weighted by Crippen LogP contribution is 2.29. The number of benzene rings is 1. The molecule has 0 aliphatic rings. The van der Waals surface area contributed by atoms with E-state index in [0.717, 1.165) is 0 Å². The lowest BCUT2D eigenvalue weighted by Gasteiger charge is -2.34. The van der Waals surface area contributed by atoms with Crippen molar-refractivity contribution in [2.75, 3.05) is 11.9 Å². The molecule has 110 valence electrons. The van der Waals surface area contributed by atoms with E-state index in [1.807, 2.05) is 20.8 Å². The molecule has 0 fully saturated rings. The van der Waals surface area contributed by atoms with E-state index in [1.54, 1.807) is 18.2 Å². The Balaban J connectivity index is 2.84. The Kier molecular flexibility index (Phi) is 5.42. The average molecular weight is 317 g/mol. The lowest BCUT2D eigenvalue weighted by Crippen LogP contribution is -2.48. The number of hydrogen-bond donors (Lipinski definition) is 1. The third kappa shape index (κ3) is 4.39. The average Bonchev–Trinajstić information content (AvgIpc) is 2.29. The van der Waals surface area contributed by atoms with Crippen LogP contribution in [0.15, 0.2) is 18.2 Å². The van der Waals surface area contributed by atoms with Gasteiger partial charge in [0.15, 0.2) is 0 Å². The number of nitrogens with zero attached hydrogens (tertiary/aromatic N) is 1. The molecule has 0 atom stereocenters. The number of rotatable bonds is 3. The number of halogens is 2. The minimum Gasteiger partial charge on any atom is -0.329 e. The number of nitrogens with one attached hydrogen (secondary N) is 1. The molecule has 4 nitrogen and oxygen atoms in total. The minimum atomic E-state index is -0.437. The molecule has 1 rings (SSSR count). The molecule has 0 bridgehead atoms. The molecule has 0 unspecified atom stereocenters. The maximum absolute atomic E-state index is 12.1. The summed E-state index contributed by atoms with van der Waals surface area (Å²) in [5, 5.41) is 3.35. The first-order chi connectivity index (χ1) is 9.12. The van der Waals surface area contributed by atoms with Crippen LogP contribution in [0, 0.1) is 0 Å². The van der Waals surface area contributed by atoms with Gasteiger partial charge in [-0.2, -0.15) is 0 Å². The monoisotopic (exact) mass is 316 g/mol. The van der Waals surface area contributed by atoms with Crippen molar-refractivity contribution in [1.29, 1.82) is 0 Å². The Hall–Kier alpha value is -1.26. The summed E-state index contributed by atoms with van der Waals surface area (Å²) in [4.78, 5) is 25.1. The summed E-state index contributed by atoms with van der Waals surface area (Å²) in [5.74, 6) is -0.511. The van der Waals surface area contributed by atoms with Gasteiger partial charge in [-0.05, 0) is 32.9 Å². The first-order valence-electron chi connectivity index (χ1n) is 6.15. The molecule has 0 aliphatic heterocycles. The maximum Gasteiger partial charge on any atom is 0.244 e. The zero-order chi connectivity index (χ0) is 15.5. The Bertz CT molecular complexity index is 504. The second-order valence-electron chi connectivity index (χ2n) is 5.42. The van der Waals surface area contributed by atoms with E-state index in [0.29, 0.717) is 15.7 Å². The highest BCUT2D eigenvalue weighted by atomic mass is 35.5. The van der Waals surface area contributed by atoms with Crippen LogP contribution in [0.2, 0.25) is 10.0 Å². The van der Waals surface area contributed by atoms with Crippen molar-refractivity contribution in [2.45, 2.75) is 33.2 Å². The Morgan fingerprint density at radius 3 is 2.10 bits per heavy atom. The van der Waals surface area contributed by atoms with Gasteiger partial charge in [0, 0.05) is 12.5 Å². The van der Waals surface area contributed by atoms with Crippen molar-refractivity contribution >= 4 is 40.7 Å².